The molecule has 1 aromatic rings. The van der Waals surface area contributed by atoms with Crippen molar-refractivity contribution >= 4 is 17.9 Å². The summed E-state index contributed by atoms with van der Waals surface area (Å²) in [5, 5.41) is 17.0. The van der Waals surface area contributed by atoms with Crippen molar-refractivity contribution in [3.05, 3.63) is 23.4 Å². The SMILES string of the molecule is COC(=O)[C@H](CCO)N(OC(=O)NC(C)(C)C)C1CC(CCc2ccc3c(n2)NCCC3)C1. The molecule has 2 aliphatic rings. The third-order valence-corrected chi connectivity index (χ3v) is 6.18. The zero-order valence-electron chi connectivity index (χ0n) is 20.2. The summed E-state index contributed by atoms with van der Waals surface area (Å²) in [6.45, 7) is 6.32. The minimum absolute atomic E-state index is 0.102. The zero-order chi connectivity index (χ0) is 24.0. The number of aliphatic hydroxyl groups is 1. The van der Waals surface area contributed by atoms with E-state index in [0.29, 0.717) is 5.92 Å². The Balaban J connectivity index is 1.59. The molecule has 0 radical (unpaired) electrons. The molecule has 1 atom stereocenters. The topological polar surface area (TPSA) is 113 Å². The average Bonchev–Trinajstić information content (AvgIpc) is 2.73. The van der Waals surface area contributed by atoms with Crippen LogP contribution >= 0.6 is 0 Å². The predicted octanol–water partition coefficient (Wildman–Crippen LogP) is 2.82. The molecule has 1 saturated carbocycles. The summed E-state index contributed by atoms with van der Waals surface area (Å²) in [6, 6.07) is 3.34. The van der Waals surface area contributed by atoms with Crippen LogP contribution in [0, 0.1) is 5.92 Å². The molecule has 3 rings (SSSR count). The average molecular weight is 463 g/mol. The highest BCUT2D eigenvalue weighted by molar-refractivity contribution is 5.76. The Hall–Kier alpha value is -2.39. The second-order valence-corrected chi connectivity index (χ2v) is 10.0. The molecule has 1 aliphatic heterocycles. The summed E-state index contributed by atoms with van der Waals surface area (Å²) in [4.78, 5) is 35.2. The number of carbonyl (C=O) groups excluding carboxylic acids is 2. The lowest BCUT2D eigenvalue weighted by Gasteiger charge is -2.44. The molecule has 0 spiro atoms. The number of carbonyl (C=O) groups is 2. The highest BCUT2D eigenvalue weighted by Gasteiger charge is 2.42. The van der Waals surface area contributed by atoms with Gasteiger partial charge in [-0.1, -0.05) is 6.07 Å². The molecule has 0 aromatic carbocycles. The van der Waals surface area contributed by atoms with Crippen LogP contribution < -0.4 is 10.6 Å². The smallest absolute Gasteiger partial charge is 0.426 e. The van der Waals surface area contributed by atoms with E-state index < -0.39 is 23.6 Å². The number of amides is 1. The fourth-order valence-corrected chi connectivity index (χ4v) is 4.43. The number of rotatable bonds is 9. The van der Waals surface area contributed by atoms with Crippen LogP contribution in [-0.2, 0) is 27.2 Å². The van der Waals surface area contributed by atoms with Gasteiger partial charge in [-0.25, -0.2) is 9.78 Å². The highest BCUT2D eigenvalue weighted by atomic mass is 16.7. The van der Waals surface area contributed by atoms with Gasteiger partial charge in [0.2, 0.25) is 0 Å². The Morgan fingerprint density at radius 2 is 2.09 bits per heavy atom. The van der Waals surface area contributed by atoms with Gasteiger partial charge in [-0.15, -0.1) is 5.06 Å². The maximum absolute atomic E-state index is 12.4. The number of aryl methyl sites for hydroxylation is 2. The number of anilines is 1. The van der Waals surface area contributed by atoms with E-state index in [4.69, 9.17) is 14.6 Å². The van der Waals surface area contributed by atoms with E-state index >= 15 is 0 Å². The van der Waals surface area contributed by atoms with Crippen molar-refractivity contribution in [2.45, 2.75) is 83.3 Å². The number of pyridine rings is 1. The van der Waals surface area contributed by atoms with Gasteiger partial charge in [-0.05, 0) is 83.3 Å². The Bertz CT molecular complexity index is 820. The molecule has 0 saturated heterocycles. The van der Waals surface area contributed by atoms with Crippen LogP contribution in [0.5, 0.6) is 0 Å². The maximum Gasteiger partial charge on any atom is 0.426 e. The van der Waals surface area contributed by atoms with Crippen LogP contribution in [0.15, 0.2) is 12.1 Å². The van der Waals surface area contributed by atoms with Gasteiger partial charge in [-0.2, -0.15) is 0 Å². The summed E-state index contributed by atoms with van der Waals surface area (Å²) in [6.07, 6.45) is 5.18. The number of fused-ring (bicyclic) bond motifs is 1. The summed E-state index contributed by atoms with van der Waals surface area (Å²) < 4.78 is 4.91. The number of hydrogen-bond acceptors (Lipinski definition) is 8. The maximum atomic E-state index is 12.4. The Morgan fingerprint density at radius 1 is 1.33 bits per heavy atom. The molecule has 1 amide bonds. The lowest BCUT2D eigenvalue weighted by molar-refractivity contribution is -0.204. The predicted molar refractivity (Wildman–Crippen MR) is 125 cm³/mol. The van der Waals surface area contributed by atoms with E-state index in [0.717, 1.165) is 56.6 Å². The molecule has 33 heavy (non-hydrogen) atoms. The molecule has 0 unspecified atom stereocenters. The first-order valence-electron chi connectivity index (χ1n) is 11.9. The largest absolute Gasteiger partial charge is 0.468 e. The van der Waals surface area contributed by atoms with Crippen molar-refractivity contribution in [3.8, 4) is 0 Å². The molecular formula is C24H38N4O5. The fraction of sp³-hybridized carbons (Fsp3) is 0.708. The molecule has 1 fully saturated rings. The van der Waals surface area contributed by atoms with Gasteiger partial charge in [-0.3, -0.25) is 4.79 Å². The summed E-state index contributed by atoms with van der Waals surface area (Å²) >= 11 is 0. The number of nitrogens with zero attached hydrogens (tertiary/aromatic N) is 2. The van der Waals surface area contributed by atoms with E-state index in [2.05, 4.69) is 22.8 Å². The van der Waals surface area contributed by atoms with E-state index in [1.165, 1.54) is 17.7 Å². The van der Waals surface area contributed by atoms with Crippen molar-refractivity contribution in [1.82, 2.24) is 15.4 Å². The molecule has 1 aromatic heterocycles. The number of hydroxylamine groups is 2. The molecular weight excluding hydrogens is 424 g/mol. The van der Waals surface area contributed by atoms with Crippen LogP contribution in [0.4, 0.5) is 10.6 Å². The third-order valence-electron chi connectivity index (χ3n) is 6.18. The number of nitrogens with one attached hydrogen (secondary N) is 2. The van der Waals surface area contributed by atoms with Crippen molar-refractivity contribution in [3.63, 3.8) is 0 Å². The Kier molecular flexibility index (Phi) is 8.53. The van der Waals surface area contributed by atoms with Crippen LogP contribution in [0.25, 0.3) is 0 Å². The summed E-state index contributed by atoms with van der Waals surface area (Å²) in [5.41, 5.74) is 1.89. The van der Waals surface area contributed by atoms with E-state index in [-0.39, 0.29) is 19.1 Å². The van der Waals surface area contributed by atoms with E-state index in [1.54, 1.807) is 0 Å². The lowest BCUT2D eigenvalue weighted by atomic mass is 9.76. The van der Waals surface area contributed by atoms with E-state index in [9.17, 15) is 14.7 Å². The Labute approximate surface area is 196 Å². The van der Waals surface area contributed by atoms with Gasteiger partial charge in [0.25, 0.3) is 0 Å². The van der Waals surface area contributed by atoms with E-state index in [1.807, 2.05) is 20.8 Å². The minimum Gasteiger partial charge on any atom is -0.468 e. The first-order valence-corrected chi connectivity index (χ1v) is 11.9. The number of ether oxygens (including phenoxy) is 1. The fourth-order valence-electron chi connectivity index (χ4n) is 4.43. The summed E-state index contributed by atoms with van der Waals surface area (Å²) in [7, 11) is 1.30. The van der Waals surface area contributed by atoms with Crippen molar-refractivity contribution in [2.75, 3.05) is 25.6 Å². The van der Waals surface area contributed by atoms with Crippen molar-refractivity contribution in [2.24, 2.45) is 5.92 Å². The number of methoxy groups -OCH3 is 1. The van der Waals surface area contributed by atoms with Crippen molar-refractivity contribution < 1.29 is 24.3 Å². The van der Waals surface area contributed by atoms with Gasteiger partial charge in [0.15, 0.2) is 0 Å². The molecule has 1 aliphatic carbocycles. The van der Waals surface area contributed by atoms with Gasteiger partial charge in [0.05, 0.1) is 7.11 Å². The number of aliphatic hydroxyl groups excluding tert-OH is 1. The quantitative estimate of drug-likeness (QED) is 0.379. The molecule has 0 bridgehead atoms. The van der Waals surface area contributed by atoms with Crippen LogP contribution in [0.3, 0.4) is 0 Å². The number of hydrogen-bond donors (Lipinski definition) is 3. The normalized spacial score (nSPS) is 20.8. The first-order chi connectivity index (χ1) is 15.7. The van der Waals surface area contributed by atoms with Crippen LogP contribution in [0.1, 0.15) is 64.1 Å². The first kappa shape index (κ1) is 25.2. The molecule has 2 heterocycles. The minimum atomic E-state index is -0.843. The Morgan fingerprint density at radius 3 is 2.76 bits per heavy atom. The molecule has 9 heteroatoms. The standard InChI is InChI=1S/C24H38N4O5/c1-24(2,3)27-23(31)33-28(20(11-13-29)22(30)32-4)19-14-16(15-19)7-9-18-10-8-17-6-5-12-25-21(17)26-18/h8,10,16,19-20,29H,5-7,9,11-15H2,1-4H3,(H,25,26)(H,27,31)/t16?,19?,20-/m0/s1. The number of esters is 1. The van der Waals surface area contributed by atoms with Gasteiger partial charge >= 0.3 is 12.1 Å². The highest BCUT2D eigenvalue weighted by Crippen LogP contribution is 2.37. The molecule has 184 valence electrons. The molecule has 9 nitrogen and oxygen atoms in total. The monoisotopic (exact) mass is 462 g/mol. The van der Waals surface area contributed by atoms with Crippen LogP contribution in [0.2, 0.25) is 0 Å². The molecule has 3 N–H and O–H groups in total. The van der Waals surface area contributed by atoms with Crippen LogP contribution in [-0.4, -0.2) is 65.1 Å². The van der Waals surface area contributed by atoms with Gasteiger partial charge in [0.1, 0.15) is 11.9 Å². The van der Waals surface area contributed by atoms with Gasteiger partial charge in [0, 0.05) is 30.4 Å². The number of aromatic nitrogens is 1. The summed E-state index contributed by atoms with van der Waals surface area (Å²) in [5.74, 6) is 0.936. The lowest BCUT2D eigenvalue weighted by Crippen LogP contribution is -2.56. The second kappa shape index (κ2) is 11.2. The third kappa shape index (κ3) is 7.04. The zero-order valence-corrected chi connectivity index (χ0v) is 20.2. The van der Waals surface area contributed by atoms with Gasteiger partial charge < -0.3 is 25.3 Å². The van der Waals surface area contributed by atoms with Crippen molar-refractivity contribution in [1.29, 1.82) is 0 Å². The second-order valence-electron chi connectivity index (χ2n) is 10.0.